The Kier molecular flexibility index (Phi) is 6.88. The molecule has 0 N–H and O–H groups in total. The van der Waals surface area contributed by atoms with Crippen LogP contribution < -0.4 is 0 Å². The van der Waals surface area contributed by atoms with Gasteiger partial charge in [-0.05, 0) is 24.6 Å². The van der Waals surface area contributed by atoms with Crippen LogP contribution in [0.1, 0.15) is 18.1 Å². The number of hydrogen-bond donors (Lipinski definition) is 0. The van der Waals surface area contributed by atoms with E-state index >= 15 is 0 Å². The standard InChI is InChI=1S/C16H24N2O3/c1-5-18(12-16(20)21-4)11-15(19)17(3)10-14-9-7-6-8-13(14)2/h6-9H,5,10-12H2,1-4H3. The van der Waals surface area contributed by atoms with Crippen molar-refractivity contribution in [3.8, 4) is 0 Å². The number of methoxy groups -OCH3 is 1. The van der Waals surface area contributed by atoms with Crippen molar-refractivity contribution in [1.29, 1.82) is 0 Å². The summed E-state index contributed by atoms with van der Waals surface area (Å²) in [7, 11) is 3.13. The summed E-state index contributed by atoms with van der Waals surface area (Å²) in [5.41, 5.74) is 2.29. The van der Waals surface area contributed by atoms with E-state index in [9.17, 15) is 9.59 Å². The zero-order valence-corrected chi connectivity index (χ0v) is 13.3. The molecule has 21 heavy (non-hydrogen) atoms. The number of rotatable bonds is 7. The fraction of sp³-hybridized carbons (Fsp3) is 0.500. The molecule has 116 valence electrons. The minimum absolute atomic E-state index is 0.0102. The molecule has 0 saturated carbocycles. The molecule has 0 aliphatic rings. The van der Waals surface area contributed by atoms with E-state index in [1.165, 1.54) is 12.7 Å². The van der Waals surface area contributed by atoms with Crippen LogP contribution in [0.3, 0.4) is 0 Å². The lowest BCUT2D eigenvalue weighted by Gasteiger charge is -2.23. The predicted molar refractivity (Wildman–Crippen MR) is 81.8 cm³/mol. The number of hydrogen-bond acceptors (Lipinski definition) is 4. The van der Waals surface area contributed by atoms with Gasteiger partial charge in [0.2, 0.25) is 5.91 Å². The molecule has 0 aromatic heterocycles. The van der Waals surface area contributed by atoms with E-state index in [0.29, 0.717) is 13.1 Å². The summed E-state index contributed by atoms with van der Waals surface area (Å²) in [6.45, 7) is 5.49. The van der Waals surface area contributed by atoms with Crippen molar-refractivity contribution < 1.29 is 14.3 Å². The van der Waals surface area contributed by atoms with Crippen LogP contribution in [0, 0.1) is 6.92 Å². The van der Waals surface area contributed by atoms with Gasteiger partial charge >= 0.3 is 5.97 Å². The van der Waals surface area contributed by atoms with Crippen molar-refractivity contribution >= 4 is 11.9 Å². The molecule has 0 aliphatic carbocycles. The van der Waals surface area contributed by atoms with Crippen LogP contribution in [-0.2, 0) is 20.9 Å². The van der Waals surface area contributed by atoms with Crippen LogP contribution in [0.25, 0.3) is 0 Å². The molecule has 1 aromatic carbocycles. The Bertz CT molecular complexity index is 488. The van der Waals surface area contributed by atoms with E-state index in [0.717, 1.165) is 5.56 Å². The molecule has 0 aliphatic heterocycles. The summed E-state index contributed by atoms with van der Waals surface area (Å²) in [6.07, 6.45) is 0. The Labute approximate surface area is 126 Å². The minimum Gasteiger partial charge on any atom is -0.468 e. The highest BCUT2D eigenvalue weighted by atomic mass is 16.5. The minimum atomic E-state index is -0.328. The van der Waals surface area contributed by atoms with Gasteiger partial charge in [0.1, 0.15) is 0 Å². The molecule has 1 amide bonds. The third-order valence-electron chi connectivity index (χ3n) is 3.48. The topological polar surface area (TPSA) is 49.9 Å². The Morgan fingerprint density at radius 1 is 1.19 bits per heavy atom. The van der Waals surface area contributed by atoms with Gasteiger partial charge in [0.25, 0.3) is 0 Å². The Balaban J connectivity index is 2.57. The van der Waals surface area contributed by atoms with E-state index in [1.54, 1.807) is 16.8 Å². The van der Waals surface area contributed by atoms with Crippen molar-refractivity contribution in [2.45, 2.75) is 20.4 Å². The fourth-order valence-corrected chi connectivity index (χ4v) is 1.97. The number of likely N-dealkylation sites (N-methyl/N-ethyl adjacent to an activating group) is 2. The number of amides is 1. The number of nitrogens with zero attached hydrogens (tertiary/aromatic N) is 2. The van der Waals surface area contributed by atoms with Gasteiger partial charge in [-0.25, -0.2) is 0 Å². The van der Waals surface area contributed by atoms with E-state index in [2.05, 4.69) is 4.74 Å². The molecule has 0 spiro atoms. The molecule has 5 nitrogen and oxygen atoms in total. The molecule has 0 unspecified atom stereocenters. The maximum atomic E-state index is 12.2. The summed E-state index contributed by atoms with van der Waals surface area (Å²) in [6, 6.07) is 8.00. The van der Waals surface area contributed by atoms with Crippen molar-refractivity contribution in [2.24, 2.45) is 0 Å². The SMILES string of the molecule is CCN(CC(=O)OC)CC(=O)N(C)Cc1ccccc1C. The Morgan fingerprint density at radius 3 is 2.43 bits per heavy atom. The monoisotopic (exact) mass is 292 g/mol. The molecule has 5 heteroatoms. The molecular formula is C16H24N2O3. The fourth-order valence-electron chi connectivity index (χ4n) is 1.97. The van der Waals surface area contributed by atoms with Crippen molar-refractivity contribution in [3.63, 3.8) is 0 Å². The number of ether oxygens (including phenoxy) is 1. The molecule has 1 aromatic rings. The highest BCUT2D eigenvalue weighted by Gasteiger charge is 2.16. The molecule has 0 saturated heterocycles. The molecular weight excluding hydrogens is 268 g/mol. The lowest BCUT2D eigenvalue weighted by Crippen LogP contribution is -2.40. The average Bonchev–Trinajstić information content (AvgIpc) is 2.48. The summed E-state index contributed by atoms with van der Waals surface area (Å²) >= 11 is 0. The van der Waals surface area contributed by atoms with E-state index in [4.69, 9.17) is 0 Å². The molecule has 1 rings (SSSR count). The molecule has 0 atom stereocenters. The molecule has 0 bridgehead atoms. The van der Waals surface area contributed by atoms with Crippen molar-refractivity contribution in [1.82, 2.24) is 9.80 Å². The second kappa shape index (κ2) is 8.42. The zero-order chi connectivity index (χ0) is 15.8. The number of benzene rings is 1. The number of aryl methyl sites for hydroxylation is 1. The molecule has 0 fully saturated rings. The van der Waals surface area contributed by atoms with Crippen LogP contribution in [0.2, 0.25) is 0 Å². The average molecular weight is 292 g/mol. The first-order valence-electron chi connectivity index (χ1n) is 7.05. The lowest BCUT2D eigenvalue weighted by atomic mass is 10.1. The van der Waals surface area contributed by atoms with E-state index in [1.807, 2.05) is 38.1 Å². The van der Waals surface area contributed by atoms with Crippen LogP contribution in [0.5, 0.6) is 0 Å². The van der Waals surface area contributed by atoms with Crippen molar-refractivity contribution in [3.05, 3.63) is 35.4 Å². The first-order valence-corrected chi connectivity index (χ1v) is 7.05. The maximum Gasteiger partial charge on any atom is 0.319 e. The van der Waals surface area contributed by atoms with Gasteiger partial charge in [0, 0.05) is 13.6 Å². The number of esters is 1. The largest absolute Gasteiger partial charge is 0.468 e. The summed E-state index contributed by atoms with van der Waals surface area (Å²) in [4.78, 5) is 27.0. The zero-order valence-electron chi connectivity index (χ0n) is 13.3. The predicted octanol–water partition coefficient (Wildman–Crippen LogP) is 1.45. The first-order chi connectivity index (χ1) is 9.97. The second-order valence-corrected chi connectivity index (χ2v) is 5.06. The van der Waals surface area contributed by atoms with Crippen LogP contribution in [0.15, 0.2) is 24.3 Å². The van der Waals surface area contributed by atoms with E-state index in [-0.39, 0.29) is 25.0 Å². The van der Waals surface area contributed by atoms with Crippen LogP contribution >= 0.6 is 0 Å². The summed E-state index contributed by atoms with van der Waals surface area (Å²) < 4.78 is 4.63. The maximum absolute atomic E-state index is 12.2. The van der Waals surface area contributed by atoms with Gasteiger partial charge in [-0.15, -0.1) is 0 Å². The third-order valence-corrected chi connectivity index (χ3v) is 3.48. The summed E-state index contributed by atoms with van der Waals surface area (Å²) in [5, 5.41) is 0. The smallest absolute Gasteiger partial charge is 0.319 e. The normalized spacial score (nSPS) is 10.5. The van der Waals surface area contributed by atoms with Gasteiger partial charge in [0.15, 0.2) is 0 Å². The highest BCUT2D eigenvalue weighted by Crippen LogP contribution is 2.09. The van der Waals surface area contributed by atoms with Gasteiger partial charge in [0.05, 0.1) is 20.2 Å². The Morgan fingerprint density at radius 2 is 1.86 bits per heavy atom. The Hall–Kier alpha value is -1.88. The van der Waals surface area contributed by atoms with Gasteiger partial charge in [-0.1, -0.05) is 31.2 Å². The quantitative estimate of drug-likeness (QED) is 0.714. The van der Waals surface area contributed by atoms with Crippen molar-refractivity contribution in [2.75, 3.05) is 33.8 Å². The second-order valence-electron chi connectivity index (χ2n) is 5.06. The van der Waals surface area contributed by atoms with E-state index < -0.39 is 0 Å². The third kappa shape index (κ3) is 5.55. The lowest BCUT2D eigenvalue weighted by molar-refractivity contribution is -0.142. The van der Waals surface area contributed by atoms with Gasteiger partial charge in [-0.2, -0.15) is 0 Å². The van der Waals surface area contributed by atoms with Gasteiger partial charge in [-0.3, -0.25) is 14.5 Å². The molecule has 0 heterocycles. The number of carbonyl (C=O) groups is 2. The van der Waals surface area contributed by atoms with Crippen LogP contribution in [0.4, 0.5) is 0 Å². The highest BCUT2D eigenvalue weighted by molar-refractivity contribution is 5.79. The first kappa shape index (κ1) is 17.2. The number of carbonyl (C=O) groups excluding carboxylic acids is 2. The molecule has 0 radical (unpaired) electrons. The van der Waals surface area contributed by atoms with Crippen LogP contribution in [-0.4, -0.2) is 55.5 Å². The van der Waals surface area contributed by atoms with Gasteiger partial charge < -0.3 is 9.64 Å². The summed E-state index contributed by atoms with van der Waals surface area (Å²) in [5.74, 6) is -0.338.